The molecule has 0 saturated heterocycles. The standard InChI is InChI=1S/C51H60Br2O10/c1-54-42-24-34-18-36-26-48(60-7)38(28-46(36)58-5)20-40-30-51(63-16-12-10-14-53)41(31-50(40)62-15-11-9-13-52)21-39-29-47(59-6)37(27-49(39)61-8)19-35-25-43(55-2)33(23-45(35)57-4)17-32(42)22-44(34)56-3/h22-31H,9-21H2,1-8H3. The predicted octanol–water partition coefficient (Wildman–Crippen LogP) is 11.1. The van der Waals surface area contributed by atoms with E-state index >= 15 is 0 Å². The molecule has 5 aromatic rings. The number of hydrogen-bond acceptors (Lipinski definition) is 10. The van der Waals surface area contributed by atoms with Crippen LogP contribution in [-0.2, 0) is 32.1 Å². The second kappa shape index (κ2) is 23.1. The van der Waals surface area contributed by atoms with Crippen molar-refractivity contribution in [3.05, 3.63) is 116 Å². The molecule has 12 heteroatoms. The van der Waals surface area contributed by atoms with E-state index in [-0.39, 0.29) is 0 Å². The summed E-state index contributed by atoms with van der Waals surface area (Å²) in [7, 11) is 13.5. The molecule has 15 rings (SSSR count). The largest absolute Gasteiger partial charge is 0.496 e. The molecule has 338 valence electrons. The maximum atomic E-state index is 6.65. The molecule has 0 N–H and O–H groups in total. The molecule has 63 heavy (non-hydrogen) atoms. The van der Waals surface area contributed by atoms with Crippen LogP contribution in [0.1, 0.15) is 81.3 Å². The van der Waals surface area contributed by atoms with Gasteiger partial charge in [-0.15, -0.1) is 0 Å². The van der Waals surface area contributed by atoms with Crippen molar-refractivity contribution in [3.8, 4) is 57.5 Å². The highest BCUT2D eigenvalue weighted by Gasteiger charge is 2.23. The van der Waals surface area contributed by atoms with E-state index in [9.17, 15) is 0 Å². The van der Waals surface area contributed by atoms with Gasteiger partial charge in [-0.25, -0.2) is 0 Å². The van der Waals surface area contributed by atoms with Crippen LogP contribution in [0.2, 0.25) is 0 Å². The number of methoxy groups -OCH3 is 8. The van der Waals surface area contributed by atoms with E-state index in [0.717, 1.165) is 149 Å². The number of rotatable bonds is 18. The topological polar surface area (TPSA) is 92.3 Å². The third kappa shape index (κ3) is 11.4. The summed E-state index contributed by atoms with van der Waals surface area (Å²) in [6, 6.07) is 20.6. The summed E-state index contributed by atoms with van der Waals surface area (Å²) in [6.45, 7) is 1.13. The molecular weight excluding hydrogens is 932 g/mol. The molecule has 0 heterocycles. The zero-order valence-corrected chi connectivity index (χ0v) is 41.0. The first-order valence-corrected chi connectivity index (χ1v) is 23.5. The van der Waals surface area contributed by atoms with Gasteiger partial charge in [-0.1, -0.05) is 31.9 Å². The van der Waals surface area contributed by atoms with Crippen molar-refractivity contribution in [2.75, 3.05) is 80.8 Å². The second-order valence-electron chi connectivity index (χ2n) is 15.3. The van der Waals surface area contributed by atoms with Crippen LogP contribution in [-0.4, -0.2) is 80.8 Å². The van der Waals surface area contributed by atoms with Gasteiger partial charge >= 0.3 is 0 Å². The highest BCUT2D eigenvalue weighted by molar-refractivity contribution is 9.09. The summed E-state index contributed by atoms with van der Waals surface area (Å²) >= 11 is 7.16. The number of alkyl halides is 2. The van der Waals surface area contributed by atoms with Crippen molar-refractivity contribution in [2.24, 2.45) is 0 Å². The Kier molecular flexibility index (Phi) is 17.4. The van der Waals surface area contributed by atoms with Crippen molar-refractivity contribution in [1.82, 2.24) is 0 Å². The molecule has 0 atom stereocenters. The van der Waals surface area contributed by atoms with Gasteiger partial charge in [0.25, 0.3) is 0 Å². The fraction of sp³-hybridized carbons (Fsp3) is 0.412. The molecule has 0 aliphatic heterocycles. The first-order valence-electron chi connectivity index (χ1n) is 21.2. The zero-order valence-electron chi connectivity index (χ0n) is 37.8. The van der Waals surface area contributed by atoms with Gasteiger partial charge in [0.2, 0.25) is 0 Å². The Morgan fingerprint density at radius 2 is 0.460 bits per heavy atom. The molecule has 10 bridgehead atoms. The first kappa shape index (κ1) is 47.5. The lowest BCUT2D eigenvalue weighted by atomic mass is 9.94. The van der Waals surface area contributed by atoms with Crippen molar-refractivity contribution < 1.29 is 47.4 Å². The monoisotopic (exact) mass is 990 g/mol. The third-order valence-corrected chi connectivity index (χ3v) is 12.6. The molecule has 0 fully saturated rings. The zero-order chi connectivity index (χ0) is 44.9. The normalized spacial score (nSPS) is 12.2. The fourth-order valence-electron chi connectivity index (χ4n) is 8.17. The molecule has 10 nitrogen and oxygen atoms in total. The van der Waals surface area contributed by atoms with Gasteiger partial charge in [0.05, 0.1) is 70.1 Å². The Bertz CT molecular complexity index is 2170. The third-order valence-electron chi connectivity index (χ3n) is 11.5. The van der Waals surface area contributed by atoms with E-state index in [0.29, 0.717) is 45.3 Å². The van der Waals surface area contributed by atoms with Crippen molar-refractivity contribution in [1.29, 1.82) is 0 Å². The van der Waals surface area contributed by atoms with Crippen LogP contribution < -0.4 is 47.4 Å². The van der Waals surface area contributed by atoms with Crippen LogP contribution in [0.3, 0.4) is 0 Å². The minimum absolute atomic E-state index is 0.501. The molecule has 0 saturated carbocycles. The second-order valence-corrected chi connectivity index (χ2v) is 16.9. The summed E-state index contributed by atoms with van der Waals surface area (Å²) in [6.07, 6.45) is 6.31. The molecule has 5 aromatic carbocycles. The highest BCUT2D eigenvalue weighted by Crippen LogP contribution is 2.42. The fourth-order valence-corrected chi connectivity index (χ4v) is 8.97. The molecule has 0 unspecified atom stereocenters. The van der Waals surface area contributed by atoms with Gasteiger partial charge in [-0.05, 0) is 86.3 Å². The minimum Gasteiger partial charge on any atom is -0.496 e. The SMILES string of the molecule is COc1cc2c(OC)cc1Cc1cc(OC)c(cc1OC)Cc1cc(OC)c(cc1OC)Cc1cc(OCCCCBr)c(cc1OCCCCBr)Cc1cc(OC)c(cc1OC)C2. The van der Waals surface area contributed by atoms with Gasteiger partial charge in [0.1, 0.15) is 57.5 Å². The van der Waals surface area contributed by atoms with Crippen molar-refractivity contribution in [2.45, 2.75) is 57.8 Å². The van der Waals surface area contributed by atoms with Gasteiger partial charge in [0, 0.05) is 98.4 Å². The van der Waals surface area contributed by atoms with Gasteiger partial charge in [-0.2, -0.15) is 0 Å². The average Bonchev–Trinajstić information content (AvgIpc) is 3.30. The quantitative estimate of drug-likeness (QED) is 0.0612. The summed E-state index contributed by atoms with van der Waals surface area (Å²) in [5.41, 5.74) is 9.45. The molecule has 0 amide bonds. The Labute approximate surface area is 389 Å². The van der Waals surface area contributed by atoms with Gasteiger partial charge < -0.3 is 47.4 Å². The minimum atomic E-state index is 0.501. The average molecular weight is 993 g/mol. The number of halogens is 2. The summed E-state index contributed by atoms with van der Waals surface area (Å²) in [5, 5.41) is 1.82. The Morgan fingerprint density at radius 3 is 0.635 bits per heavy atom. The maximum Gasteiger partial charge on any atom is 0.123 e. The number of ether oxygens (including phenoxy) is 10. The van der Waals surface area contributed by atoms with E-state index in [2.05, 4.69) is 68.3 Å². The van der Waals surface area contributed by atoms with Gasteiger partial charge in [0.15, 0.2) is 0 Å². The Hall–Kier alpha value is -4.94. The van der Waals surface area contributed by atoms with Crippen LogP contribution in [0.15, 0.2) is 60.7 Å². The molecule has 10 aliphatic rings. The molecule has 10 aliphatic carbocycles. The van der Waals surface area contributed by atoms with E-state index in [1.807, 2.05) is 24.3 Å². The summed E-state index contributed by atoms with van der Waals surface area (Å²) in [4.78, 5) is 0. The van der Waals surface area contributed by atoms with Gasteiger partial charge in [-0.3, -0.25) is 0 Å². The molecular formula is C51H60Br2O10. The molecule has 0 spiro atoms. The molecule has 0 radical (unpaired) electrons. The maximum absolute atomic E-state index is 6.65. The van der Waals surface area contributed by atoms with E-state index in [4.69, 9.17) is 47.4 Å². The molecule has 0 aromatic heterocycles. The Balaban J connectivity index is 1.61. The number of benzene rings is 5. The lowest BCUT2D eigenvalue weighted by Crippen LogP contribution is -2.08. The Morgan fingerprint density at radius 1 is 0.286 bits per heavy atom. The van der Waals surface area contributed by atoms with E-state index < -0.39 is 0 Å². The van der Waals surface area contributed by atoms with Crippen LogP contribution >= 0.6 is 31.9 Å². The van der Waals surface area contributed by atoms with Crippen LogP contribution in [0.5, 0.6) is 57.5 Å². The van der Waals surface area contributed by atoms with Crippen LogP contribution in [0, 0.1) is 0 Å². The highest BCUT2D eigenvalue weighted by atomic mass is 79.9. The van der Waals surface area contributed by atoms with Crippen molar-refractivity contribution >= 4 is 31.9 Å². The summed E-state index contributed by atoms with van der Waals surface area (Å²) in [5.74, 6) is 7.37. The number of hydrogen-bond donors (Lipinski definition) is 0. The van der Waals surface area contributed by atoms with E-state index in [1.54, 1.807) is 56.9 Å². The lowest BCUT2D eigenvalue weighted by Gasteiger charge is -2.21. The van der Waals surface area contributed by atoms with Crippen molar-refractivity contribution in [3.63, 3.8) is 0 Å². The van der Waals surface area contributed by atoms with E-state index in [1.165, 1.54) is 0 Å². The number of unbranched alkanes of at least 4 members (excludes halogenated alkanes) is 2. The smallest absolute Gasteiger partial charge is 0.123 e. The van der Waals surface area contributed by atoms with Crippen LogP contribution in [0.4, 0.5) is 0 Å². The van der Waals surface area contributed by atoms with Crippen LogP contribution in [0.25, 0.3) is 0 Å². The predicted molar refractivity (Wildman–Crippen MR) is 256 cm³/mol. The summed E-state index contributed by atoms with van der Waals surface area (Å²) < 4.78 is 61.9. The first-order chi connectivity index (χ1) is 30.7. The lowest BCUT2D eigenvalue weighted by molar-refractivity contribution is 0.297.